The summed E-state index contributed by atoms with van der Waals surface area (Å²) in [6.45, 7) is 0. The van der Waals surface area contributed by atoms with Gasteiger partial charge < -0.3 is 10.1 Å². The second kappa shape index (κ2) is 3.93. The van der Waals surface area contributed by atoms with E-state index >= 15 is 0 Å². The number of carbonyl (C=O) groups is 1. The molecular weight excluding hydrogens is 210 g/mol. The molecule has 0 aliphatic heterocycles. The van der Waals surface area contributed by atoms with Gasteiger partial charge in [-0.2, -0.15) is 0 Å². The number of carboxylic acids is 1. The highest BCUT2D eigenvalue weighted by atomic mass is 16.4. The summed E-state index contributed by atoms with van der Waals surface area (Å²) in [5.74, 6) is -1.19. The summed E-state index contributed by atoms with van der Waals surface area (Å²) >= 11 is 0. The predicted molar refractivity (Wildman–Crippen MR) is 55.0 cm³/mol. The van der Waals surface area contributed by atoms with Gasteiger partial charge in [0.05, 0.1) is 0 Å². The van der Waals surface area contributed by atoms with Crippen LogP contribution in [0.5, 0.6) is 0 Å². The van der Waals surface area contributed by atoms with Gasteiger partial charge in [0.25, 0.3) is 5.56 Å². The second-order valence-electron chi connectivity index (χ2n) is 3.00. The molecular formula is C10H7N3O3. The van der Waals surface area contributed by atoms with Crippen LogP contribution in [0.4, 0.5) is 0 Å². The Labute approximate surface area is 89.6 Å². The zero-order valence-electron chi connectivity index (χ0n) is 8.04. The second-order valence-corrected chi connectivity index (χ2v) is 3.00. The summed E-state index contributed by atoms with van der Waals surface area (Å²) in [6.07, 6.45) is 4.07. The molecule has 0 amide bonds. The van der Waals surface area contributed by atoms with E-state index in [0.717, 1.165) is 6.20 Å². The largest absolute Gasteiger partial charge is 0.476 e. The molecule has 0 fully saturated rings. The standard InChI is InChI=1S/C10H7N3O3/c14-9-8(6-1-3-11-4-2-6)13-7(5-12-9)10(15)16/h1-5H,(H,12,14)(H,15,16). The van der Waals surface area contributed by atoms with Gasteiger partial charge in [0.1, 0.15) is 5.69 Å². The molecule has 2 rings (SSSR count). The van der Waals surface area contributed by atoms with Crippen molar-refractivity contribution in [2.45, 2.75) is 0 Å². The van der Waals surface area contributed by atoms with Crippen LogP contribution in [0, 0.1) is 0 Å². The minimum absolute atomic E-state index is 0.0716. The SMILES string of the molecule is O=C(O)c1c[nH]c(=O)c(-c2ccncc2)n1. The number of aromatic amines is 1. The van der Waals surface area contributed by atoms with Crippen molar-refractivity contribution >= 4 is 5.97 Å². The Kier molecular flexibility index (Phi) is 2.47. The fourth-order valence-electron chi connectivity index (χ4n) is 1.22. The van der Waals surface area contributed by atoms with Crippen molar-refractivity contribution in [3.63, 3.8) is 0 Å². The molecule has 0 radical (unpaired) electrons. The zero-order valence-corrected chi connectivity index (χ0v) is 8.04. The highest BCUT2D eigenvalue weighted by Gasteiger charge is 2.10. The molecule has 80 valence electrons. The Morgan fingerprint density at radius 3 is 2.62 bits per heavy atom. The molecule has 0 atom stereocenters. The topological polar surface area (TPSA) is 95.9 Å². The van der Waals surface area contributed by atoms with Gasteiger partial charge in [-0.05, 0) is 12.1 Å². The van der Waals surface area contributed by atoms with Crippen molar-refractivity contribution < 1.29 is 9.90 Å². The first-order valence-electron chi connectivity index (χ1n) is 4.42. The predicted octanol–water partition coefficient (Wildman–Crippen LogP) is 0.530. The average molecular weight is 217 g/mol. The lowest BCUT2D eigenvalue weighted by atomic mass is 10.2. The van der Waals surface area contributed by atoms with Crippen molar-refractivity contribution in [2.24, 2.45) is 0 Å². The van der Waals surface area contributed by atoms with E-state index < -0.39 is 11.5 Å². The molecule has 2 aromatic rings. The van der Waals surface area contributed by atoms with Gasteiger partial charge in [-0.3, -0.25) is 9.78 Å². The normalized spacial score (nSPS) is 10.0. The van der Waals surface area contributed by atoms with E-state index in [-0.39, 0.29) is 11.4 Å². The van der Waals surface area contributed by atoms with Crippen molar-refractivity contribution in [1.29, 1.82) is 0 Å². The number of pyridine rings is 1. The number of nitrogens with zero attached hydrogens (tertiary/aromatic N) is 2. The monoisotopic (exact) mass is 217 g/mol. The highest BCUT2D eigenvalue weighted by molar-refractivity contribution is 5.85. The summed E-state index contributed by atoms with van der Waals surface area (Å²) in [7, 11) is 0. The lowest BCUT2D eigenvalue weighted by Crippen LogP contribution is -2.14. The maximum absolute atomic E-state index is 11.5. The number of rotatable bonds is 2. The fourth-order valence-corrected chi connectivity index (χ4v) is 1.22. The Bertz CT molecular complexity index is 577. The van der Waals surface area contributed by atoms with E-state index in [2.05, 4.69) is 15.0 Å². The molecule has 0 unspecified atom stereocenters. The number of nitrogens with one attached hydrogen (secondary N) is 1. The molecule has 0 bridgehead atoms. The molecule has 0 spiro atoms. The van der Waals surface area contributed by atoms with Crippen LogP contribution in [-0.4, -0.2) is 26.0 Å². The Morgan fingerprint density at radius 1 is 1.31 bits per heavy atom. The van der Waals surface area contributed by atoms with Crippen LogP contribution >= 0.6 is 0 Å². The lowest BCUT2D eigenvalue weighted by Gasteiger charge is -1.99. The van der Waals surface area contributed by atoms with Crippen molar-refractivity contribution in [2.75, 3.05) is 0 Å². The summed E-state index contributed by atoms with van der Waals surface area (Å²) < 4.78 is 0. The van der Waals surface area contributed by atoms with E-state index in [1.165, 1.54) is 12.4 Å². The van der Waals surface area contributed by atoms with Crippen LogP contribution in [0.15, 0.2) is 35.5 Å². The maximum atomic E-state index is 11.5. The van der Waals surface area contributed by atoms with Crippen LogP contribution < -0.4 is 5.56 Å². The summed E-state index contributed by atoms with van der Waals surface area (Å²) in [5, 5.41) is 8.75. The van der Waals surface area contributed by atoms with Gasteiger partial charge in [0.15, 0.2) is 5.69 Å². The van der Waals surface area contributed by atoms with E-state index in [9.17, 15) is 9.59 Å². The molecule has 0 saturated heterocycles. The number of carboxylic acid groups (broad SMARTS) is 1. The zero-order chi connectivity index (χ0) is 11.5. The van der Waals surface area contributed by atoms with E-state index in [1.807, 2.05) is 0 Å². The van der Waals surface area contributed by atoms with Crippen LogP contribution in [0.1, 0.15) is 10.5 Å². The number of hydrogen-bond donors (Lipinski definition) is 2. The summed E-state index contributed by atoms with van der Waals surface area (Å²) in [5.41, 5.74) is -0.0377. The Morgan fingerprint density at radius 2 is 2.00 bits per heavy atom. The molecule has 16 heavy (non-hydrogen) atoms. The quantitative estimate of drug-likeness (QED) is 0.764. The third-order valence-electron chi connectivity index (χ3n) is 1.96. The van der Waals surface area contributed by atoms with Gasteiger partial charge in [0, 0.05) is 24.2 Å². The number of H-pyrrole nitrogens is 1. The molecule has 0 aliphatic carbocycles. The summed E-state index contributed by atoms with van der Waals surface area (Å²) in [6, 6.07) is 3.17. The van der Waals surface area contributed by atoms with Gasteiger partial charge in [-0.15, -0.1) is 0 Å². The molecule has 6 heteroatoms. The van der Waals surface area contributed by atoms with Gasteiger partial charge in [-0.25, -0.2) is 9.78 Å². The van der Waals surface area contributed by atoms with Crippen LogP contribution in [0.25, 0.3) is 11.3 Å². The number of aromatic nitrogens is 3. The summed E-state index contributed by atoms with van der Waals surface area (Å²) in [4.78, 5) is 32.1. The molecule has 0 saturated carbocycles. The third kappa shape index (κ3) is 1.81. The van der Waals surface area contributed by atoms with Crippen LogP contribution in [-0.2, 0) is 0 Å². The van der Waals surface area contributed by atoms with Crippen LogP contribution in [0.3, 0.4) is 0 Å². The first-order chi connectivity index (χ1) is 7.68. The van der Waals surface area contributed by atoms with Crippen molar-refractivity contribution in [3.05, 3.63) is 46.8 Å². The molecule has 2 N–H and O–H groups in total. The highest BCUT2D eigenvalue weighted by Crippen LogP contribution is 2.10. The molecule has 0 aromatic carbocycles. The fraction of sp³-hybridized carbons (Fsp3) is 0. The lowest BCUT2D eigenvalue weighted by molar-refractivity contribution is 0.0690. The molecule has 2 heterocycles. The molecule has 6 nitrogen and oxygen atoms in total. The molecule has 0 aliphatic rings. The first kappa shape index (κ1) is 10.0. The Balaban J connectivity index is 2.61. The van der Waals surface area contributed by atoms with E-state index in [1.54, 1.807) is 12.1 Å². The maximum Gasteiger partial charge on any atom is 0.356 e. The van der Waals surface area contributed by atoms with Gasteiger partial charge in [0.2, 0.25) is 0 Å². The van der Waals surface area contributed by atoms with E-state index in [0.29, 0.717) is 5.56 Å². The van der Waals surface area contributed by atoms with Crippen molar-refractivity contribution in [1.82, 2.24) is 15.0 Å². The third-order valence-corrected chi connectivity index (χ3v) is 1.96. The number of hydrogen-bond acceptors (Lipinski definition) is 4. The van der Waals surface area contributed by atoms with Crippen LogP contribution in [0.2, 0.25) is 0 Å². The van der Waals surface area contributed by atoms with E-state index in [4.69, 9.17) is 5.11 Å². The minimum atomic E-state index is -1.19. The van der Waals surface area contributed by atoms with Crippen molar-refractivity contribution in [3.8, 4) is 11.3 Å². The smallest absolute Gasteiger partial charge is 0.356 e. The molecule has 2 aromatic heterocycles. The van der Waals surface area contributed by atoms with Gasteiger partial charge >= 0.3 is 5.97 Å². The average Bonchev–Trinajstić information content (AvgIpc) is 2.30. The minimum Gasteiger partial charge on any atom is -0.476 e. The number of aromatic carboxylic acids is 1. The Hall–Kier alpha value is -2.50. The van der Waals surface area contributed by atoms with Gasteiger partial charge in [-0.1, -0.05) is 0 Å². The first-order valence-corrected chi connectivity index (χ1v) is 4.42.